The van der Waals surface area contributed by atoms with E-state index in [1.165, 1.54) is 23.8 Å². The van der Waals surface area contributed by atoms with Crippen LogP contribution >= 0.6 is 11.3 Å². The Morgan fingerprint density at radius 3 is 2.52 bits per heavy atom. The first-order valence-corrected chi connectivity index (χ1v) is 9.65. The number of esters is 1. The van der Waals surface area contributed by atoms with Crippen LogP contribution in [0.3, 0.4) is 0 Å². The number of carbonyl (C=O) groups is 2. The Labute approximate surface area is 162 Å². The maximum absolute atomic E-state index is 12.4. The zero-order valence-electron chi connectivity index (χ0n) is 15.9. The molecule has 1 aromatic carbocycles. The lowest BCUT2D eigenvalue weighted by Crippen LogP contribution is -2.11. The predicted molar refractivity (Wildman–Crippen MR) is 109 cm³/mol. The molecule has 0 spiro atoms. The summed E-state index contributed by atoms with van der Waals surface area (Å²) >= 11 is 1.26. The number of fused-ring (bicyclic) bond motifs is 1. The van der Waals surface area contributed by atoms with Gasteiger partial charge in [-0.05, 0) is 43.9 Å². The van der Waals surface area contributed by atoms with Gasteiger partial charge in [0.05, 0.1) is 12.3 Å². The molecule has 1 amide bonds. The van der Waals surface area contributed by atoms with Crippen LogP contribution in [0.4, 0.5) is 5.69 Å². The maximum Gasteiger partial charge on any atom is 0.350 e. The Morgan fingerprint density at radius 2 is 1.89 bits per heavy atom. The van der Waals surface area contributed by atoms with Gasteiger partial charge in [-0.15, -0.1) is 11.3 Å². The molecule has 140 valence electrons. The van der Waals surface area contributed by atoms with Gasteiger partial charge < -0.3 is 10.1 Å². The number of amides is 1. The highest BCUT2D eigenvalue weighted by atomic mass is 32.1. The smallest absolute Gasteiger partial charge is 0.350 e. The van der Waals surface area contributed by atoms with Crippen molar-refractivity contribution in [3.05, 3.63) is 57.6 Å². The maximum atomic E-state index is 12.4. The molecular weight excluding hydrogens is 360 g/mol. The Morgan fingerprint density at radius 1 is 1.19 bits per heavy atom. The number of hydrogen-bond acceptors (Lipinski definition) is 5. The zero-order chi connectivity index (χ0) is 19.6. The molecule has 2 aromatic heterocycles. The molecule has 0 aliphatic rings. The fourth-order valence-electron chi connectivity index (χ4n) is 3.18. The van der Waals surface area contributed by atoms with Crippen LogP contribution in [0, 0.1) is 13.8 Å². The number of ether oxygens (including phenoxy) is 1. The van der Waals surface area contributed by atoms with E-state index in [-0.39, 0.29) is 12.5 Å². The largest absolute Gasteiger partial charge is 0.462 e. The number of nitrogens with zero attached hydrogens (tertiary/aromatic N) is 1. The van der Waals surface area contributed by atoms with E-state index in [0.717, 1.165) is 33.5 Å². The number of anilines is 1. The number of nitrogens with one attached hydrogen (secondary N) is 1. The normalized spacial score (nSPS) is 10.8. The standard InChI is InChI=1S/C21H22N2O3S/c1-5-26-21(25)19-18(23-14(4)24)17-12(2)16(13(3)22-20(17)27-19)11-15-9-7-6-8-10-15/h6-10H,5,11H2,1-4H3,(H,23,24). The summed E-state index contributed by atoms with van der Waals surface area (Å²) < 4.78 is 5.17. The van der Waals surface area contributed by atoms with Gasteiger partial charge in [-0.25, -0.2) is 9.78 Å². The number of hydrogen-bond donors (Lipinski definition) is 1. The van der Waals surface area contributed by atoms with Crippen LogP contribution in [0.1, 0.15) is 45.9 Å². The summed E-state index contributed by atoms with van der Waals surface area (Å²) in [5.41, 5.74) is 4.74. The minimum Gasteiger partial charge on any atom is -0.462 e. The Balaban J connectivity index is 2.20. The molecule has 0 aliphatic heterocycles. The molecule has 0 bridgehead atoms. The first-order chi connectivity index (χ1) is 12.9. The van der Waals surface area contributed by atoms with Gasteiger partial charge in [0.2, 0.25) is 5.91 Å². The molecule has 3 rings (SSSR count). The topological polar surface area (TPSA) is 68.3 Å². The average Bonchev–Trinajstić information content (AvgIpc) is 2.97. The van der Waals surface area contributed by atoms with Gasteiger partial charge in [0, 0.05) is 18.0 Å². The van der Waals surface area contributed by atoms with Crippen LogP contribution in [0.5, 0.6) is 0 Å². The third-order valence-corrected chi connectivity index (χ3v) is 5.47. The molecule has 5 nitrogen and oxygen atoms in total. The van der Waals surface area contributed by atoms with Crippen LogP contribution in [-0.4, -0.2) is 23.5 Å². The van der Waals surface area contributed by atoms with Crippen molar-refractivity contribution in [2.45, 2.75) is 34.1 Å². The van der Waals surface area contributed by atoms with E-state index < -0.39 is 5.97 Å². The van der Waals surface area contributed by atoms with Gasteiger partial charge in [-0.3, -0.25) is 4.79 Å². The molecule has 3 aromatic rings. The predicted octanol–water partition coefficient (Wildman–Crippen LogP) is 4.64. The summed E-state index contributed by atoms with van der Waals surface area (Å²) in [6.07, 6.45) is 0.742. The lowest BCUT2D eigenvalue weighted by molar-refractivity contribution is -0.114. The van der Waals surface area contributed by atoms with Gasteiger partial charge in [-0.2, -0.15) is 0 Å². The number of aryl methyl sites for hydroxylation is 2. The van der Waals surface area contributed by atoms with Crippen molar-refractivity contribution in [2.24, 2.45) is 0 Å². The van der Waals surface area contributed by atoms with Crippen molar-refractivity contribution < 1.29 is 14.3 Å². The molecular formula is C21H22N2O3S. The average molecular weight is 382 g/mol. The highest BCUT2D eigenvalue weighted by Crippen LogP contribution is 2.39. The van der Waals surface area contributed by atoms with E-state index in [1.54, 1.807) is 6.92 Å². The molecule has 0 unspecified atom stereocenters. The summed E-state index contributed by atoms with van der Waals surface area (Å²) in [5, 5.41) is 3.63. The first kappa shape index (κ1) is 19.0. The SMILES string of the molecule is CCOC(=O)c1sc2nc(C)c(Cc3ccccc3)c(C)c2c1NC(C)=O. The molecule has 0 radical (unpaired) electrons. The van der Waals surface area contributed by atoms with Gasteiger partial charge in [0.15, 0.2) is 0 Å². The fourth-order valence-corrected chi connectivity index (χ4v) is 4.31. The monoisotopic (exact) mass is 382 g/mol. The first-order valence-electron chi connectivity index (χ1n) is 8.83. The summed E-state index contributed by atoms with van der Waals surface area (Å²) in [6.45, 7) is 7.46. The van der Waals surface area contributed by atoms with E-state index in [0.29, 0.717) is 10.6 Å². The lowest BCUT2D eigenvalue weighted by atomic mass is 9.97. The van der Waals surface area contributed by atoms with Crippen LogP contribution in [-0.2, 0) is 16.0 Å². The second-order valence-corrected chi connectivity index (χ2v) is 7.35. The van der Waals surface area contributed by atoms with E-state index in [2.05, 4.69) is 17.4 Å². The molecule has 27 heavy (non-hydrogen) atoms. The minimum atomic E-state index is -0.439. The van der Waals surface area contributed by atoms with Crippen LogP contribution in [0.15, 0.2) is 30.3 Å². The number of benzene rings is 1. The van der Waals surface area contributed by atoms with Crippen molar-refractivity contribution in [3.63, 3.8) is 0 Å². The molecule has 0 saturated heterocycles. The molecule has 0 fully saturated rings. The number of carbonyl (C=O) groups excluding carboxylic acids is 2. The van der Waals surface area contributed by atoms with Gasteiger partial charge >= 0.3 is 5.97 Å². The number of pyridine rings is 1. The Kier molecular flexibility index (Phi) is 5.56. The summed E-state index contributed by atoms with van der Waals surface area (Å²) in [7, 11) is 0. The molecule has 6 heteroatoms. The van der Waals surface area contributed by atoms with Crippen LogP contribution < -0.4 is 5.32 Å². The lowest BCUT2D eigenvalue weighted by Gasteiger charge is -2.12. The van der Waals surface area contributed by atoms with E-state index in [1.807, 2.05) is 32.0 Å². The minimum absolute atomic E-state index is 0.232. The van der Waals surface area contributed by atoms with E-state index in [9.17, 15) is 9.59 Å². The number of aromatic nitrogens is 1. The van der Waals surface area contributed by atoms with Crippen molar-refractivity contribution in [3.8, 4) is 0 Å². The van der Waals surface area contributed by atoms with Crippen molar-refractivity contribution in [2.75, 3.05) is 11.9 Å². The Bertz CT molecular complexity index is 1010. The molecule has 1 N–H and O–H groups in total. The van der Waals surface area contributed by atoms with Gasteiger partial charge in [0.1, 0.15) is 9.71 Å². The van der Waals surface area contributed by atoms with E-state index in [4.69, 9.17) is 9.72 Å². The third kappa shape index (κ3) is 3.85. The number of rotatable bonds is 5. The van der Waals surface area contributed by atoms with Crippen molar-refractivity contribution >= 4 is 39.1 Å². The van der Waals surface area contributed by atoms with Crippen LogP contribution in [0.2, 0.25) is 0 Å². The Hall–Kier alpha value is -2.73. The second-order valence-electron chi connectivity index (χ2n) is 6.35. The number of thiophene rings is 1. The highest BCUT2D eigenvalue weighted by Gasteiger charge is 2.24. The second kappa shape index (κ2) is 7.88. The zero-order valence-corrected chi connectivity index (χ0v) is 16.7. The van der Waals surface area contributed by atoms with Gasteiger partial charge in [0.25, 0.3) is 0 Å². The molecule has 0 aliphatic carbocycles. The summed E-state index contributed by atoms with van der Waals surface area (Å²) in [4.78, 5) is 30.0. The third-order valence-electron chi connectivity index (χ3n) is 4.41. The fraction of sp³-hybridized carbons (Fsp3) is 0.286. The van der Waals surface area contributed by atoms with Crippen molar-refractivity contribution in [1.29, 1.82) is 0 Å². The van der Waals surface area contributed by atoms with Crippen LogP contribution in [0.25, 0.3) is 10.2 Å². The van der Waals surface area contributed by atoms with Crippen molar-refractivity contribution in [1.82, 2.24) is 4.98 Å². The summed E-state index contributed by atoms with van der Waals surface area (Å²) in [5.74, 6) is -0.671. The summed E-state index contributed by atoms with van der Waals surface area (Å²) in [6, 6.07) is 10.2. The molecule has 0 saturated carbocycles. The molecule has 2 heterocycles. The van der Waals surface area contributed by atoms with Gasteiger partial charge in [-0.1, -0.05) is 30.3 Å². The van der Waals surface area contributed by atoms with E-state index >= 15 is 0 Å². The highest BCUT2D eigenvalue weighted by molar-refractivity contribution is 7.21. The quantitative estimate of drug-likeness (QED) is 0.653. The molecule has 0 atom stereocenters.